The van der Waals surface area contributed by atoms with Gasteiger partial charge in [0.05, 0.1) is 11.5 Å². The van der Waals surface area contributed by atoms with Crippen molar-refractivity contribution in [2.24, 2.45) is 5.92 Å². The van der Waals surface area contributed by atoms with E-state index in [2.05, 4.69) is 5.32 Å². The first kappa shape index (κ1) is 25.1. The lowest BCUT2D eigenvalue weighted by molar-refractivity contribution is -0.139. The minimum atomic E-state index is -4.40. The van der Waals surface area contributed by atoms with Crippen molar-refractivity contribution in [2.75, 3.05) is 11.9 Å². The topological polar surface area (TPSA) is 49.3 Å². The summed E-state index contributed by atoms with van der Waals surface area (Å²) in [4.78, 5) is 11.9. The third-order valence-corrected chi connectivity index (χ3v) is 5.23. The summed E-state index contributed by atoms with van der Waals surface area (Å²) in [6.07, 6.45) is -2.25. The van der Waals surface area contributed by atoms with Crippen LogP contribution in [0.3, 0.4) is 0 Å². The van der Waals surface area contributed by atoms with Gasteiger partial charge in [-0.15, -0.1) is 11.6 Å². The fourth-order valence-corrected chi connectivity index (χ4v) is 3.59. The van der Waals surface area contributed by atoms with Crippen LogP contribution in [0.25, 0.3) is 11.1 Å². The van der Waals surface area contributed by atoms with Crippen LogP contribution in [0.5, 0.6) is 0 Å². The number of anilines is 1. The molecule has 0 amide bonds. The Balaban J connectivity index is 2.41. The van der Waals surface area contributed by atoms with Crippen molar-refractivity contribution in [2.45, 2.75) is 57.5 Å². The molecule has 0 fully saturated rings. The number of carbonyl (C=O) groups is 1. The predicted octanol–water partition coefficient (Wildman–Crippen LogP) is 7.41. The number of carboxylic acid groups (broad SMARTS) is 1. The lowest BCUT2D eigenvalue weighted by atomic mass is 9.88. The molecule has 2 rings (SSSR count). The largest absolute Gasteiger partial charge is 0.481 e. The van der Waals surface area contributed by atoms with Gasteiger partial charge in [0.25, 0.3) is 0 Å². The van der Waals surface area contributed by atoms with Gasteiger partial charge in [0, 0.05) is 17.6 Å². The molecule has 3 nitrogen and oxygen atoms in total. The zero-order valence-electron chi connectivity index (χ0n) is 18.0. The Hall–Kier alpha value is -2.21. The van der Waals surface area contributed by atoms with E-state index >= 15 is 0 Å². The highest BCUT2D eigenvalue weighted by molar-refractivity contribution is 6.20. The van der Waals surface area contributed by atoms with Crippen molar-refractivity contribution in [1.82, 2.24) is 0 Å². The molecule has 0 bridgehead atoms. The molecule has 0 heterocycles. The maximum atomic E-state index is 12.9. The molecule has 7 heteroatoms. The fourth-order valence-electron chi connectivity index (χ4n) is 3.44. The zero-order valence-corrected chi connectivity index (χ0v) is 18.7. The minimum absolute atomic E-state index is 0.0678. The van der Waals surface area contributed by atoms with Gasteiger partial charge in [0.15, 0.2) is 0 Å². The van der Waals surface area contributed by atoms with Gasteiger partial charge in [-0.05, 0) is 73.1 Å². The van der Waals surface area contributed by atoms with Crippen molar-refractivity contribution in [3.05, 3.63) is 53.6 Å². The molecule has 0 aliphatic carbocycles. The zero-order chi connectivity index (χ0) is 23.2. The average molecular weight is 456 g/mol. The number of hydrogen-bond acceptors (Lipinski definition) is 2. The van der Waals surface area contributed by atoms with E-state index < -0.39 is 23.6 Å². The second kappa shape index (κ2) is 10.9. The molecular formula is C24H29ClF3NO2. The highest BCUT2D eigenvalue weighted by Gasteiger charge is 2.30. The van der Waals surface area contributed by atoms with E-state index in [1.165, 1.54) is 12.1 Å². The van der Waals surface area contributed by atoms with Crippen LogP contribution in [0.2, 0.25) is 0 Å². The molecule has 2 N–H and O–H groups in total. The van der Waals surface area contributed by atoms with Crippen LogP contribution in [0.4, 0.5) is 18.9 Å². The Bertz CT molecular complexity index is 864. The molecule has 31 heavy (non-hydrogen) atoms. The number of nitrogens with one attached hydrogen (secondary N) is 1. The Kier molecular flexibility index (Phi) is 8.80. The molecule has 2 aromatic carbocycles. The molecule has 0 saturated heterocycles. The van der Waals surface area contributed by atoms with Gasteiger partial charge >= 0.3 is 12.1 Å². The van der Waals surface area contributed by atoms with Crippen LogP contribution in [0, 0.1) is 5.92 Å². The SMILES string of the molecule is CC(C)CC(C(=O)O)c1cc(NCCCC(C)Cl)cc(-c2ccc(C(F)(F)F)cc2)c1. The lowest BCUT2D eigenvalue weighted by Crippen LogP contribution is -2.15. The van der Waals surface area contributed by atoms with Crippen LogP contribution in [0.1, 0.15) is 57.1 Å². The first-order valence-corrected chi connectivity index (χ1v) is 10.8. The summed E-state index contributed by atoms with van der Waals surface area (Å²) in [6.45, 7) is 6.51. The van der Waals surface area contributed by atoms with Gasteiger partial charge in [-0.2, -0.15) is 13.2 Å². The van der Waals surface area contributed by atoms with Gasteiger partial charge in [0.1, 0.15) is 0 Å². The van der Waals surface area contributed by atoms with Crippen molar-refractivity contribution in [3.63, 3.8) is 0 Å². The van der Waals surface area contributed by atoms with Gasteiger partial charge in [0.2, 0.25) is 0 Å². The van der Waals surface area contributed by atoms with E-state index in [9.17, 15) is 23.1 Å². The van der Waals surface area contributed by atoms with Crippen LogP contribution in [0.15, 0.2) is 42.5 Å². The monoisotopic (exact) mass is 455 g/mol. The summed E-state index contributed by atoms with van der Waals surface area (Å²) in [5.74, 6) is -1.43. The van der Waals surface area contributed by atoms with Crippen LogP contribution in [-0.2, 0) is 11.0 Å². The van der Waals surface area contributed by atoms with Crippen LogP contribution in [-0.4, -0.2) is 23.0 Å². The van der Waals surface area contributed by atoms with E-state index in [0.717, 1.165) is 30.7 Å². The van der Waals surface area contributed by atoms with E-state index in [4.69, 9.17) is 11.6 Å². The Morgan fingerprint density at radius 2 is 1.71 bits per heavy atom. The summed E-state index contributed by atoms with van der Waals surface area (Å²) in [7, 11) is 0. The normalized spacial score (nSPS) is 13.8. The fraction of sp³-hybridized carbons (Fsp3) is 0.458. The molecule has 0 aromatic heterocycles. The van der Waals surface area contributed by atoms with Crippen molar-refractivity contribution in [3.8, 4) is 11.1 Å². The molecule has 170 valence electrons. The molecule has 0 saturated carbocycles. The number of alkyl halides is 4. The van der Waals surface area contributed by atoms with Crippen molar-refractivity contribution >= 4 is 23.3 Å². The van der Waals surface area contributed by atoms with E-state index in [1.807, 2.05) is 32.9 Å². The average Bonchev–Trinajstić information content (AvgIpc) is 2.68. The van der Waals surface area contributed by atoms with Crippen LogP contribution >= 0.6 is 11.6 Å². The Morgan fingerprint density at radius 3 is 2.23 bits per heavy atom. The number of hydrogen-bond donors (Lipinski definition) is 2. The molecule has 0 spiro atoms. The van der Waals surface area contributed by atoms with E-state index in [0.29, 0.717) is 29.7 Å². The second-order valence-electron chi connectivity index (χ2n) is 8.29. The first-order chi connectivity index (χ1) is 14.5. The van der Waals surface area contributed by atoms with E-state index in [-0.39, 0.29) is 11.3 Å². The molecule has 0 aliphatic rings. The Morgan fingerprint density at radius 1 is 1.06 bits per heavy atom. The summed E-state index contributed by atoms with van der Waals surface area (Å²) in [5, 5.41) is 13.1. The number of aliphatic carboxylic acids is 1. The van der Waals surface area contributed by atoms with E-state index in [1.54, 1.807) is 6.07 Å². The lowest BCUT2D eigenvalue weighted by Gasteiger charge is -2.19. The number of benzene rings is 2. The molecule has 2 aromatic rings. The standard InChI is InChI=1S/C24H29ClF3NO2/c1-15(2)11-22(23(30)31)19-12-18(13-21(14-19)29-10-4-5-16(3)25)17-6-8-20(9-7-17)24(26,27)28/h6-9,12-16,22,29H,4-5,10-11H2,1-3H3,(H,30,31). The quantitative estimate of drug-likeness (QED) is 0.289. The van der Waals surface area contributed by atoms with Gasteiger partial charge in [-0.25, -0.2) is 0 Å². The third kappa shape index (κ3) is 7.76. The summed E-state index contributed by atoms with van der Waals surface area (Å²) >= 11 is 5.99. The van der Waals surface area contributed by atoms with Gasteiger partial charge < -0.3 is 10.4 Å². The number of halogens is 4. The third-order valence-electron chi connectivity index (χ3n) is 5.02. The smallest absolute Gasteiger partial charge is 0.416 e. The van der Waals surface area contributed by atoms with Gasteiger partial charge in [-0.1, -0.05) is 32.0 Å². The predicted molar refractivity (Wildman–Crippen MR) is 120 cm³/mol. The highest BCUT2D eigenvalue weighted by Crippen LogP contribution is 2.34. The highest BCUT2D eigenvalue weighted by atomic mass is 35.5. The van der Waals surface area contributed by atoms with Crippen molar-refractivity contribution in [1.29, 1.82) is 0 Å². The molecule has 2 atom stereocenters. The van der Waals surface area contributed by atoms with Gasteiger partial charge in [-0.3, -0.25) is 4.79 Å². The minimum Gasteiger partial charge on any atom is -0.481 e. The molecule has 2 unspecified atom stereocenters. The summed E-state index contributed by atoms with van der Waals surface area (Å²) < 4.78 is 38.7. The second-order valence-corrected chi connectivity index (χ2v) is 9.03. The van der Waals surface area contributed by atoms with Crippen molar-refractivity contribution < 1.29 is 23.1 Å². The number of rotatable bonds is 10. The summed E-state index contributed by atoms with van der Waals surface area (Å²) in [5.41, 5.74) is 1.93. The molecular weight excluding hydrogens is 427 g/mol. The number of carboxylic acids is 1. The van der Waals surface area contributed by atoms with Crippen LogP contribution < -0.4 is 5.32 Å². The summed E-state index contributed by atoms with van der Waals surface area (Å²) in [6, 6.07) is 10.3. The molecule has 0 aliphatic heterocycles. The maximum Gasteiger partial charge on any atom is 0.416 e. The molecule has 0 radical (unpaired) electrons. The Labute approximate surface area is 186 Å². The maximum absolute atomic E-state index is 12.9. The first-order valence-electron chi connectivity index (χ1n) is 10.4.